The number of ether oxygens (including phenoxy) is 2. The van der Waals surface area contributed by atoms with Gasteiger partial charge in [0.05, 0.1) is 13.2 Å². The summed E-state index contributed by atoms with van der Waals surface area (Å²) in [5, 5.41) is 3.59. The molecule has 2 atom stereocenters. The van der Waals surface area contributed by atoms with Crippen LogP contribution in [0.4, 0.5) is 0 Å². The normalized spacial score (nSPS) is 33.6. The summed E-state index contributed by atoms with van der Waals surface area (Å²) in [4.78, 5) is 12.2. The molecule has 0 aromatic heterocycles. The average molecular weight is 255 g/mol. The molecule has 0 aromatic rings. The first-order chi connectivity index (χ1) is 8.70. The van der Waals surface area contributed by atoms with Gasteiger partial charge in [-0.3, -0.25) is 10.1 Å². The second-order valence-electron chi connectivity index (χ2n) is 5.55. The minimum absolute atomic E-state index is 0.115. The molecule has 4 nitrogen and oxygen atoms in total. The van der Waals surface area contributed by atoms with Gasteiger partial charge in [-0.2, -0.15) is 0 Å². The summed E-state index contributed by atoms with van der Waals surface area (Å²) in [7, 11) is 1.48. The molecule has 2 unspecified atom stereocenters. The third kappa shape index (κ3) is 2.86. The van der Waals surface area contributed by atoms with E-state index in [1.807, 2.05) is 0 Å². The van der Waals surface area contributed by atoms with E-state index in [-0.39, 0.29) is 12.1 Å². The summed E-state index contributed by atoms with van der Waals surface area (Å²) >= 11 is 0. The average Bonchev–Trinajstić information content (AvgIpc) is 2.90. The zero-order valence-corrected chi connectivity index (χ0v) is 11.5. The smallest absolute Gasteiger partial charge is 0.326 e. The summed E-state index contributed by atoms with van der Waals surface area (Å²) in [6.07, 6.45) is 7.48. The molecule has 2 aliphatic rings. The Kier molecular flexibility index (Phi) is 4.62. The van der Waals surface area contributed by atoms with Crippen LogP contribution in [0.5, 0.6) is 0 Å². The number of rotatable bonds is 4. The van der Waals surface area contributed by atoms with Crippen LogP contribution in [-0.2, 0) is 14.3 Å². The monoisotopic (exact) mass is 255 g/mol. The Morgan fingerprint density at radius 2 is 2.17 bits per heavy atom. The van der Waals surface area contributed by atoms with E-state index in [4.69, 9.17) is 9.47 Å². The largest absolute Gasteiger partial charge is 0.468 e. The number of hydrogen-bond acceptors (Lipinski definition) is 4. The van der Waals surface area contributed by atoms with Gasteiger partial charge in [0.25, 0.3) is 0 Å². The van der Waals surface area contributed by atoms with Crippen molar-refractivity contribution in [2.75, 3.05) is 13.7 Å². The molecule has 1 saturated carbocycles. The number of carbonyl (C=O) groups is 1. The van der Waals surface area contributed by atoms with Crippen LogP contribution < -0.4 is 5.32 Å². The van der Waals surface area contributed by atoms with E-state index >= 15 is 0 Å². The minimum atomic E-state index is -0.511. The van der Waals surface area contributed by atoms with E-state index in [9.17, 15) is 4.79 Å². The van der Waals surface area contributed by atoms with Crippen molar-refractivity contribution in [1.29, 1.82) is 0 Å². The van der Waals surface area contributed by atoms with Crippen LogP contribution >= 0.6 is 0 Å². The number of esters is 1. The molecule has 1 saturated heterocycles. The van der Waals surface area contributed by atoms with E-state index in [1.165, 1.54) is 32.8 Å². The molecule has 4 heteroatoms. The van der Waals surface area contributed by atoms with Crippen molar-refractivity contribution in [1.82, 2.24) is 5.32 Å². The number of nitrogens with one attached hydrogen (secondary N) is 1. The Hall–Kier alpha value is -0.610. The summed E-state index contributed by atoms with van der Waals surface area (Å²) < 4.78 is 10.7. The maximum absolute atomic E-state index is 12.2. The van der Waals surface area contributed by atoms with E-state index in [0.29, 0.717) is 12.6 Å². The highest BCUT2D eigenvalue weighted by Crippen LogP contribution is 2.31. The van der Waals surface area contributed by atoms with Crippen LogP contribution in [0.15, 0.2) is 0 Å². The van der Waals surface area contributed by atoms with E-state index in [1.54, 1.807) is 0 Å². The molecule has 1 aliphatic carbocycles. The van der Waals surface area contributed by atoms with Gasteiger partial charge in [0, 0.05) is 19.1 Å². The van der Waals surface area contributed by atoms with Gasteiger partial charge in [0.1, 0.15) is 5.54 Å². The predicted molar refractivity (Wildman–Crippen MR) is 69.4 cm³/mol. The molecular formula is C14H25NO3. The SMILES string of the molecule is CCC1CC(NC2CCCC2)(C(=O)OC)CCO1. The summed E-state index contributed by atoms with van der Waals surface area (Å²) in [5.74, 6) is -0.115. The third-order valence-electron chi connectivity index (χ3n) is 4.33. The zero-order valence-electron chi connectivity index (χ0n) is 11.5. The molecule has 2 fully saturated rings. The van der Waals surface area contributed by atoms with Crippen molar-refractivity contribution >= 4 is 5.97 Å². The molecule has 0 amide bonds. The van der Waals surface area contributed by atoms with Gasteiger partial charge in [0.15, 0.2) is 0 Å². The van der Waals surface area contributed by atoms with Gasteiger partial charge in [0.2, 0.25) is 0 Å². The Bertz CT molecular complexity index is 289. The molecule has 18 heavy (non-hydrogen) atoms. The predicted octanol–water partition coefficient (Wildman–Crippen LogP) is 2.02. The highest BCUT2D eigenvalue weighted by atomic mass is 16.5. The quantitative estimate of drug-likeness (QED) is 0.781. The second kappa shape index (κ2) is 6.02. The molecule has 1 heterocycles. The molecule has 104 valence electrons. The zero-order chi connectivity index (χ0) is 13.0. The van der Waals surface area contributed by atoms with Crippen molar-refractivity contribution in [2.45, 2.75) is 69.6 Å². The van der Waals surface area contributed by atoms with Gasteiger partial charge in [-0.25, -0.2) is 0 Å². The topological polar surface area (TPSA) is 47.6 Å². The maximum Gasteiger partial charge on any atom is 0.326 e. The van der Waals surface area contributed by atoms with Gasteiger partial charge in [-0.1, -0.05) is 19.8 Å². The number of carbonyl (C=O) groups excluding carboxylic acids is 1. The van der Waals surface area contributed by atoms with Gasteiger partial charge < -0.3 is 9.47 Å². The first-order valence-corrected chi connectivity index (χ1v) is 7.18. The van der Waals surface area contributed by atoms with Crippen LogP contribution in [0, 0.1) is 0 Å². The summed E-state index contributed by atoms with van der Waals surface area (Å²) in [6.45, 7) is 2.75. The van der Waals surface area contributed by atoms with Gasteiger partial charge in [-0.05, 0) is 25.7 Å². The fourth-order valence-corrected chi connectivity index (χ4v) is 3.24. The lowest BCUT2D eigenvalue weighted by Crippen LogP contribution is -2.60. The molecule has 1 aliphatic heterocycles. The molecule has 0 spiro atoms. The van der Waals surface area contributed by atoms with E-state index in [0.717, 1.165) is 19.3 Å². The first kappa shape index (κ1) is 13.8. The van der Waals surface area contributed by atoms with Crippen molar-refractivity contribution < 1.29 is 14.3 Å². The minimum Gasteiger partial charge on any atom is -0.468 e. The van der Waals surface area contributed by atoms with Crippen molar-refractivity contribution in [2.24, 2.45) is 0 Å². The Morgan fingerprint density at radius 1 is 1.44 bits per heavy atom. The van der Waals surface area contributed by atoms with Crippen molar-refractivity contribution in [3.8, 4) is 0 Å². The molecule has 0 radical (unpaired) electrons. The van der Waals surface area contributed by atoms with Crippen LogP contribution in [0.1, 0.15) is 51.9 Å². The van der Waals surface area contributed by atoms with E-state index in [2.05, 4.69) is 12.2 Å². The molecule has 2 rings (SSSR count). The lowest BCUT2D eigenvalue weighted by molar-refractivity contribution is -0.156. The van der Waals surface area contributed by atoms with E-state index < -0.39 is 5.54 Å². The standard InChI is InChI=1S/C14H25NO3/c1-3-12-10-14(8-9-18-12,13(16)17-2)15-11-6-4-5-7-11/h11-12,15H,3-10H2,1-2H3. The lowest BCUT2D eigenvalue weighted by atomic mass is 9.84. The maximum atomic E-state index is 12.2. The van der Waals surface area contributed by atoms with Crippen molar-refractivity contribution in [3.63, 3.8) is 0 Å². The summed E-state index contributed by atoms with van der Waals surface area (Å²) in [5.41, 5.74) is -0.511. The molecule has 1 N–H and O–H groups in total. The number of methoxy groups -OCH3 is 1. The fourth-order valence-electron chi connectivity index (χ4n) is 3.24. The van der Waals surface area contributed by atoms with Crippen LogP contribution in [0.3, 0.4) is 0 Å². The summed E-state index contributed by atoms with van der Waals surface area (Å²) in [6, 6.07) is 0.472. The highest BCUT2D eigenvalue weighted by Gasteiger charge is 2.45. The van der Waals surface area contributed by atoms with Gasteiger partial charge >= 0.3 is 5.97 Å². The third-order valence-corrected chi connectivity index (χ3v) is 4.33. The number of hydrogen-bond donors (Lipinski definition) is 1. The fraction of sp³-hybridized carbons (Fsp3) is 0.929. The second-order valence-corrected chi connectivity index (χ2v) is 5.55. The van der Waals surface area contributed by atoms with Crippen LogP contribution in [0.2, 0.25) is 0 Å². The Morgan fingerprint density at radius 3 is 2.78 bits per heavy atom. The molecule has 0 bridgehead atoms. The molecule has 0 aromatic carbocycles. The Labute approximate surface area is 109 Å². The van der Waals surface area contributed by atoms with Crippen molar-refractivity contribution in [3.05, 3.63) is 0 Å². The molecular weight excluding hydrogens is 230 g/mol. The highest BCUT2D eigenvalue weighted by molar-refractivity contribution is 5.81. The van der Waals surface area contributed by atoms with Gasteiger partial charge in [-0.15, -0.1) is 0 Å². The first-order valence-electron chi connectivity index (χ1n) is 7.18. The lowest BCUT2D eigenvalue weighted by Gasteiger charge is -2.40. The van der Waals surface area contributed by atoms with Crippen LogP contribution in [-0.4, -0.2) is 37.4 Å². The Balaban J connectivity index is 2.08. The van der Waals surface area contributed by atoms with Crippen LogP contribution in [0.25, 0.3) is 0 Å².